The summed E-state index contributed by atoms with van der Waals surface area (Å²) in [6, 6.07) is -0.0488. The van der Waals surface area contributed by atoms with Gasteiger partial charge in [-0.2, -0.15) is 5.10 Å². The van der Waals surface area contributed by atoms with Crippen LogP contribution in [-0.2, 0) is 9.53 Å². The van der Waals surface area contributed by atoms with E-state index < -0.39 is 5.60 Å². The zero-order chi connectivity index (χ0) is 11.6. The smallest absolute Gasteiger partial charge is 0.252 e. The molecular formula is C11H17N3O2. The number of ether oxygens (including phenoxy) is 1. The Morgan fingerprint density at radius 3 is 3.12 bits per heavy atom. The third-order valence-corrected chi connectivity index (χ3v) is 3.07. The number of hydrogen-bond donors (Lipinski definition) is 2. The Morgan fingerprint density at radius 2 is 2.56 bits per heavy atom. The van der Waals surface area contributed by atoms with Gasteiger partial charge in [-0.1, -0.05) is 0 Å². The average molecular weight is 223 g/mol. The van der Waals surface area contributed by atoms with E-state index in [-0.39, 0.29) is 11.9 Å². The highest BCUT2D eigenvalue weighted by atomic mass is 16.5. The minimum absolute atomic E-state index is 0.0429. The van der Waals surface area contributed by atoms with Crippen molar-refractivity contribution in [3.63, 3.8) is 0 Å². The van der Waals surface area contributed by atoms with Crippen molar-refractivity contribution < 1.29 is 9.53 Å². The second-order valence-electron chi connectivity index (χ2n) is 4.41. The van der Waals surface area contributed by atoms with Crippen LogP contribution in [0.4, 0.5) is 0 Å². The van der Waals surface area contributed by atoms with Crippen molar-refractivity contribution in [2.24, 2.45) is 0 Å². The Hall–Kier alpha value is -1.36. The third-order valence-electron chi connectivity index (χ3n) is 3.07. The number of amides is 1. The second kappa shape index (κ2) is 4.25. The molecule has 2 heterocycles. The van der Waals surface area contributed by atoms with E-state index in [4.69, 9.17) is 4.74 Å². The van der Waals surface area contributed by atoms with E-state index in [1.807, 2.05) is 13.8 Å². The molecule has 1 aromatic rings. The molecule has 5 heteroatoms. The van der Waals surface area contributed by atoms with Gasteiger partial charge in [0.1, 0.15) is 5.60 Å². The quantitative estimate of drug-likeness (QED) is 0.808. The molecule has 0 bridgehead atoms. The molecule has 0 saturated carbocycles. The van der Waals surface area contributed by atoms with Gasteiger partial charge in [0.15, 0.2) is 0 Å². The maximum atomic E-state index is 12.0. The van der Waals surface area contributed by atoms with Crippen LogP contribution in [0.1, 0.15) is 38.3 Å². The number of aromatic amines is 1. The number of hydrogen-bond acceptors (Lipinski definition) is 3. The van der Waals surface area contributed by atoms with E-state index >= 15 is 0 Å². The lowest BCUT2D eigenvalue weighted by atomic mass is 10.0. The number of aromatic nitrogens is 2. The van der Waals surface area contributed by atoms with Crippen LogP contribution < -0.4 is 5.32 Å². The predicted molar refractivity (Wildman–Crippen MR) is 58.7 cm³/mol. The maximum absolute atomic E-state index is 12.0. The molecule has 2 unspecified atom stereocenters. The van der Waals surface area contributed by atoms with Crippen LogP contribution in [0.5, 0.6) is 0 Å². The van der Waals surface area contributed by atoms with E-state index in [1.54, 1.807) is 12.4 Å². The summed E-state index contributed by atoms with van der Waals surface area (Å²) in [5.74, 6) is -0.0429. The molecule has 0 spiro atoms. The molecule has 0 aliphatic carbocycles. The number of H-pyrrole nitrogens is 1. The van der Waals surface area contributed by atoms with Gasteiger partial charge in [0.05, 0.1) is 12.2 Å². The van der Waals surface area contributed by atoms with Crippen molar-refractivity contribution in [1.82, 2.24) is 15.5 Å². The number of carbonyl (C=O) groups excluding carboxylic acids is 1. The molecule has 1 aliphatic rings. The standard InChI is InChI=1S/C11H17N3O2/c1-8(9-6-12-13-7-9)14-10(15)11(2)4-3-5-16-11/h6-8H,3-5H2,1-2H3,(H,12,13)(H,14,15). The van der Waals surface area contributed by atoms with Crippen molar-refractivity contribution in [1.29, 1.82) is 0 Å². The Bertz CT molecular complexity index is 355. The van der Waals surface area contributed by atoms with Crippen LogP contribution >= 0.6 is 0 Å². The van der Waals surface area contributed by atoms with Gasteiger partial charge in [-0.3, -0.25) is 9.89 Å². The molecule has 2 atom stereocenters. The summed E-state index contributed by atoms with van der Waals surface area (Å²) in [6.45, 7) is 4.45. The highest BCUT2D eigenvalue weighted by molar-refractivity contribution is 5.85. The van der Waals surface area contributed by atoms with Crippen molar-refractivity contribution in [3.8, 4) is 0 Å². The number of nitrogens with one attached hydrogen (secondary N) is 2. The molecule has 1 fully saturated rings. The minimum Gasteiger partial charge on any atom is -0.365 e. The Labute approximate surface area is 94.6 Å². The van der Waals surface area contributed by atoms with E-state index in [0.717, 1.165) is 18.4 Å². The summed E-state index contributed by atoms with van der Waals surface area (Å²) >= 11 is 0. The van der Waals surface area contributed by atoms with Gasteiger partial charge in [-0.25, -0.2) is 0 Å². The van der Waals surface area contributed by atoms with Gasteiger partial charge in [0.2, 0.25) is 0 Å². The fraction of sp³-hybridized carbons (Fsp3) is 0.636. The fourth-order valence-corrected chi connectivity index (χ4v) is 1.89. The van der Waals surface area contributed by atoms with Crippen LogP contribution in [-0.4, -0.2) is 28.3 Å². The second-order valence-corrected chi connectivity index (χ2v) is 4.41. The summed E-state index contributed by atoms with van der Waals surface area (Å²) in [7, 11) is 0. The first-order valence-electron chi connectivity index (χ1n) is 5.55. The first-order chi connectivity index (χ1) is 7.62. The summed E-state index contributed by atoms with van der Waals surface area (Å²) in [5.41, 5.74) is 0.313. The zero-order valence-electron chi connectivity index (χ0n) is 9.62. The van der Waals surface area contributed by atoms with Crippen molar-refractivity contribution >= 4 is 5.91 Å². The molecule has 1 saturated heterocycles. The molecule has 1 aliphatic heterocycles. The Kier molecular flexibility index (Phi) is 2.96. The van der Waals surface area contributed by atoms with Gasteiger partial charge in [-0.05, 0) is 26.7 Å². The molecule has 2 N–H and O–H groups in total. The lowest BCUT2D eigenvalue weighted by Crippen LogP contribution is -2.44. The predicted octanol–water partition coefficient (Wildman–Crippen LogP) is 1.16. The Balaban J connectivity index is 1.97. The highest BCUT2D eigenvalue weighted by Crippen LogP contribution is 2.26. The Morgan fingerprint density at radius 1 is 1.75 bits per heavy atom. The van der Waals surface area contributed by atoms with E-state index in [0.29, 0.717) is 6.61 Å². The molecule has 5 nitrogen and oxygen atoms in total. The van der Waals surface area contributed by atoms with Crippen LogP contribution in [0, 0.1) is 0 Å². The first-order valence-corrected chi connectivity index (χ1v) is 5.55. The molecule has 1 amide bonds. The summed E-state index contributed by atoms with van der Waals surface area (Å²) in [4.78, 5) is 12.0. The summed E-state index contributed by atoms with van der Waals surface area (Å²) in [6.07, 6.45) is 5.23. The van der Waals surface area contributed by atoms with Crippen molar-refractivity contribution in [2.75, 3.05) is 6.61 Å². The molecule has 16 heavy (non-hydrogen) atoms. The van der Waals surface area contributed by atoms with Crippen LogP contribution in [0.2, 0.25) is 0 Å². The number of nitrogens with zero attached hydrogens (tertiary/aromatic N) is 1. The van der Waals surface area contributed by atoms with Crippen molar-refractivity contribution in [3.05, 3.63) is 18.0 Å². The normalized spacial score (nSPS) is 26.6. The highest BCUT2D eigenvalue weighted by Gasteiger charge is 2.38. The SMILES string of the molecule is CC(NC(=O)C1(C)CCCO1)c1cn[nH]c1. The van der Waals surface area contributed by atoms with Gasteiger partial charge in [0, 0.05) is 18.4 Å². The summed E-state index contributed by atoms with van der Waals surface area (Å²) < 4.78 is 5.48. The monoisotopic (exact) mass is 223 g/mol. The molecular weight excluding hydrogens is 206 g/mol. The maximum Gasteiger partial charge on any atom is 0.252 e. The van der Waals surface area contributed by atoms with E-state index in [2.05, 4.69) is 15.5 Å². The fourth-order valence-electron chi connectivity index (χ4n) is 1.89. The van der Waals surface area contributed by atoms with Gasteiger partial charge < -0.3 is 10.1 Å². The molecule has 1 aromatic heterocycles. The van der Waals surface area contributed by atoms with Gasteiger partial charge in [0.25, 0.3) is 5.91 Å². The van der Waals surface area contributed by atoms with Crippen molar-refractivity contribution in [2.45, 2.75) is 38.3 Å². The van der Waals surface area contributed by atoms with Gasteiger partial charge >= 0.3 is 0 Å². The minimum atomic E-state index is -0.655. The largest absolute Gasteiger partial charge is 0.365 e. The molecule has 0 aromatic carbocycles. The molecule has 88 valence electrons. The molecule has 0 radical (unpaired) electrons. The molecule has 2 rings (SSSR count). The first kappa shape index (κ1) is 11.1. The lowest BCUT2D eigenvalue weighted by Gasteiger charge is -2.24. The zero-order valence-corrected chi connectivity index (χ0v) is 9.62. The van der Waals surface area contributed by atoms with Crippen LogP contribution in [0.3, 0.4) is 0 Å². The van der Waals surface area contributed by atoms with E-state index in [9.17, 15) is 4.79 Å². The average Bonchev–Trinajstić information content (AvgIpc) is 2.88. The van der Waals surface area contributed by atoms with E-state index in [1.165, 1.54) is 0 Å². The number of carbonyl (C=O) groups is 1. The topological polar surface area (TPSA) is 67.0 Å². The van der Waals surface area contributed by atoms with Crippen LogP contribution in [0.25, 0.3) is 0 Å². The summed E-state index contributed by atoms with van der Waals surface area (Å²) in [5, 5.41) is 9.53. The number of rotatable bonds is 3. The van der Waals surface area contributed by atoms with Crippen LogP contribution in [0.15, 0.2) is 12.4 Å². The van der Waals surface area contributed by atoms with Gasteiger partial charge in [-0.15, -0.1) is 0 Å². The lowest BCUT2D eigenvalue weighted by molar-refractivity contribution is -0.140. The third kappa shape index (κ3) is 2.09.